The average molecular weight is 352 g/mol. The molecule has 7 heteroatoms. The zero-order valence-corrected chi connectivity index (χ0v) is 14.0. The second-order valence-electron chi connectivity index (χ2n) is 6.77. The summed E-state index contributed by atoms with van der Waals surface area (Å²) in [6.45, 7) is 3.62. The van der Waals surface area contributed by atoms with E-state index < -0.39 is 12.0 Å². The fourth-order valence-corrected chi connectivity index (χ4v) is 3.21. The van der Waals surface area contributed by atoms with Gasteiger partial charge in [-0.1, -0.05) is 13.8 Å². The first-order valence-electron chi connectivity index (χ1n) is 8.22. The Labute approximate surface area is 142 Å². The molecule has 0 aliphatic heterocycles. The van der Waals surface area contributed by atoms with Crippen LogP contribution in [0.1, 0.15) is 41.9 Å². The number of alkyl halides is 3. The van der Waals surface area contributed by atoms with Crippen LogP contribution in [0.3, 0.4) is 0 Å². The number of amides is 1. The molecule has 2 aromatic rings. The third-order valence-electron chi connectivity index (χ3n) is 4.58. The molecule has 1 aromatic carbocycles. The van der Waals surface area contributed by atoms with Crippen LogP contribution in [0.5, 0.6) is 0 Å². The summed E-state index contributed by atoms with van der Waals surface area (Å²) in [4.78, 5) is 26.6. The van der Waals surface area contributed by atoms with Gasteiger partial charge in [-0.2, -0.15) is 13.2 Å². The number of nitrogens with one attached hydrogen (secondary N) is 2. The average Bonchev–Trinajstić information content (AvgIpc) is 2.90. The highest BCUT2D eigenvalue weighted by Crippen LogP contribution is 2.31. The second kappa shape index (κ2) is 6.20. The SMILES string of the molecule is CC(C)C(=O)NC1CCc2[nH]c3ccc(C(=O)C(F)(F)F)cc3c2C1. The maximum atomic E-state index is 12.7. The van der Waals surface area contributed by atoms with E-state index in [1.165, 1.54) is 18.2 Å². The smallest absolute Gasteiger partial charge is 0.358 e. The Morgan fingerprint density at radius 3 is 2.64 bits per heavy atom. The Balaban J connectivity index is 1.92. The van der Waals surface area contributed by atoms with Crippen molar-refractivity contribution in [3.63, 3.8) is 0 Å². The van der Waals surface area contributed by atoms with Crippen LogP contribution < -0.4 is 5.32 Å². The van der Waals surface area contributed by atoms with Crippen LogP contribution in [-0.4, -0.2) is 28.9 Å². The van der Waals surface area contributed by atoms with Gasteiger partial charge in [-0.25, -0.2) is 0 Å². The summed E-state index contributed by atoms with van der Waals surface area (Å²) < 4.78 is 38.0. The number of fused-ring (bicyclic) bond motifs is 3. The van der Waals surface area contributed by atoms with Crippen molar-refractivity contribution in [3.05, 3.63) is 35.0 Å². The van der Waals surface area contributed by atoms with Gasteiger partial charge in [-0.3, -0.25) is 9.59 Å². The Kier molecular flexibility index (Phi) is 4.34. The topological polar surface area (TPSA) is 62.0 Å². The highest BCUT2D eigenvalue weighted by Gasteiger charge is 2.39. The summed E-state index contributed by atoms with van der Waals surface area (Å²) in [6, 6.07) is 3.95. The number of halogens is 3. The maximum absolute atomic E-state index is 12.7. The van der Waals surface area contributed by atoms with E-state index in [1.807, 2.05) is 13.8 Å². The van der Waals surface area contributed by atoms with Crippen molar-refractivity contribution in [1.82, 2.24) is 10.3 Å². The van der Waals surface area contributed by atoms with E-state index in [-0.39, 0.29) is 23.4 Å². The molecule has 1 amide bonds. The number of hydrogen-bond acceptors (Lipinski definition) is 2. The lowest BCUT2D eigenvalue weighted by atomic mass is 9.90. The van der Waals surface area contributed by atoms with Gasteiger partial charge in [0.2, 0.25) is 5.91 Å². The number of Topliss-reactive ketones (excluding diaryl/α,β-unsaturated/α-hetero) is 1. The predicted octanol–water partition coefficient (Wildman–Crippen LogP) is 3.54. The fraction of sp³-hybridized carbons (Fsp3) is 0.444. The van der Waals surface area contributed by atoms with E-state index in [4.69, 9.17) is 0 Å². The van der Waals surface area contributed by atoms with Crippen molar-refractivity contribution < 1.29 is 22.8 Å². The van der Waals surface area contributed by atoms with Crippen LogP contribution in [0, 0.1) is 5.92 Å². The summed E-state index contributed by atoms with van der Waals surface area (Å²) >= 11 is 0. The molecule has 1 unspecified atom stereocenters. The summed E-state index contributed by atoms with van der Waals surface area (Å²) in [5, 5.41) is 3.59. The lowest BCUT2D eigenvalue weighted by Crippen LogP contribution is -2.40. The van der Waals surface area contributed by atoms with E-state index in [1.54, 1.807) is 0 Å². The van der Waals surface area contributed by atoms with Crippen LogP contribution in [0.25, 0.3) is 10.9 Å². The highest BCUT2D eigenvalue weighted by atomic mass is 19.4. The Morgan fingerprint density at radius 2 is 2.00 bits per heavy atom. The molecular weight excluding hydrogens is 333 g/mol. The molecule has 134 valence electrons. The highest BCUT2D eigenvalue weighted by molar-refractivity contribution is 6.03. The van der Waals surface area contributed by atoms with Crippen LogP contribution in [-0.2, 0) is 17.6 Å². The number of ketones is 1. The number of benzene rings is 1. The van der Waals surface area contributed by atoms with Gasteiger partial charge in [0.05, 0.1) is 0 Å². The number of carbonyl (C=O) groups is 2. The first-order chi connectivity index (χ1) is 11.7. The van der Waals surface area contributed by atoms with Crippen LogP contribution >= 0.6 is 0 Å². The van der Waals surface area contributed by atoms with E-state index in [2.05, 4.69) is 10.3 Å². The molecular formula is C18H19F3N2O2. The molecule has 1 aliphatic rings. The normalized spacial score (nSPS) is 17.6. The molecule has 3 rings (SSSR count). The van der Waals surface area contributed by atoms with Crippen molar-refractivity contribution in [2.24, 2.45) is 5.92 Å². The van der Waals surface area contributed by atoms with Crippen molar-refractivity contribution in [1.29, 1.82) is 0 Å². The molecule has 1 aromatic heterocycles. The van der Waals surface area contributed by atoms with Crippen molar-refractivity contribution >= 4 is 22.6 Å². The van der Waals surface area contributed by atoms with E-state index in [0.29, 0.717) is 23.7 Å². The van der Waals surface area contributed by atoms with Gasteiger partial charge in [0, 0.05) is 34.1 Å². The number of carbonyl (C=O) groups excluding carboxylic acids is 2. The summed E-state index contributed by atoms with van der Waals surface area (Å²) in [7, 11) is 0. The van der Waals surface area contributed by atoms with Gasteiger partial charge in [-0.05, 0) is 43.0 Å². The lowest BCUT2D eigenvalue weighted by molar-refractivity contribution is -0.124. The zero-order valence-electron chi connectivity index (χ0n) is 14.0. The van der Waals surface area contributed by atoms with Gasteiger partial charge in [-0.15, -0.1) is 0 Å². The Hall–Kier alpha value is -2.31. The van der Waals surface area contributed by atoms with Gasteiger partial charge in [0.25, 0.3) is 5.78 Å². The number of hydrogen-bond donors (Lipinski definition) is 2. The Morgan fingerprint density at radius 1 is 1.28 bits per heavy atom. The maximum Gasteiger partial charge on any atom is 0.454 e. The molecule has 25 heavy (non-hydrogen) atoms. The van der Waals surface area contributed by atoms with Gasteiger partial charge in [0.15, 0.2) is 0 Å². The quantitative estimate of drug-likeness (QED) is 0.830. The van der Waals surface area contributed by atoms with Crippen LogP contribution in [0.4, 0.5) is 13.2 Å². The molecule has 0 saturated heterocycles. The summed E-state index contributed by atoms with van der Waals surface area (Å²) in [6.07, 6.45) is -2.88. The molecule has 0 radical (unpaired) electrons. The van der Waals surface area contributed by atoms with Crippen molar-refractivity contribution in [3.8, 4) is 0 Å². The third kappa shape index (κ3) is 3.41. The van der Waals surface area contributed by atoms with E-state index in [0.717, 1.165) is 17.7 Å². The summed E-state index contributed by atoms with van der Waals surface area (Å²) in [5.74, 6) is -2.01. The van der Waals surface area contributed by atoms with Gasteiger partial charge >= 0.3 is 6.18 Å². The minimum absolute atomic E-state index is 0.0405. The summed E-state index contributed by atoms with van der Waals surface area (Å²) in [5.41, 5.74) is 2.18. The predicted molar refractivity (Wildman–Crippen MR) is 87.5 cm³/mol. The van der Waals surface area contributed by atoms with Crippen LogP contribution in [0.15, 0.2) is 18.2 Å². The van der Waals surface area contributed by atoms with Gasteiger partial charge < -0.3 is 10.3 Å². The molecule has 0 bridgehead atoms. The lowest BCUT2D eigenvalue weighted by Gasteiger charge is -2.24. The fourth-order valence-electron chi connectivity index (χ4n) is 3.21. The zero-order chi connectivity index (χ0) is 18.4. The number of aromatic nitrogens is 1. The number of aryl methyl sites for hydroxylation is 1. The molecule has 0 spiro atoms. The third-order valence-corrected chi connectivity index (χ3v) is 4.58. The monoisotopic (exact) mass is 352 g/mol. The van der Waals surface area contributed by atoms with Crippen molar-refractivity contribution in [2.75, 3.05) is 0 Å². The molecule has 1 aliphatic carbocycles. The number of rotatable bonds is 3. The van der Waals surface area contributed by atoms with Crippen LogP contribution in [0.2, 0.25) is 0 Å². The first kappa shape index (κ1) is 17.5. The van der Waals surface area contributed by atoms with E-state index >= 15 is 0 Å². The molecule has 0 fully saturated rings. The minimum Gasteiger partial charge on any atom is -0.358 e. The Bertz CT molecular complexity index is 837. The van der Waals surface area contributed by atoms with Gasteiger partial charge in [0.1, 0.15) is 0 Å². The molecule has 4 nitrogen and oxygen atoms in total. The largest absolute Gasteiger partial charge is 0.454 e. The molecule has 1 heterocycles. The van der Waals surface area contributed by atoms with E-state index in [9.17, 15) is 22.8 Å². The first-order valence-corrected chi connectivity index (χ1v) is 8.22. The molecule has 0 saturated carbocycles. The molecule has 2 N–H and O–H groups in total. The van der Waals surface area contributed by atoms with Crippen molar-refractivity contribution in [2.45, 2.75) is 45.3 Å². The number of H-pyrrole nitrogens is 1. The number of aromatic amines is 1. The minimum atomic E-state index is -4.89. The molecule has 1 atom stereocenters. The second-order valence-corrected chi connectivity index (χ2v) is 6.77. The standard InChI is InChI=1S/C18H19F3N2O2/c1-9(2)17(25)22-11-4-6-15-13(8-11)12-7-10(3-5-14(12)23-15)16(24)18(19,20)21/h3,5,7,9,11,23H,4,6,8H2,1-2H3,(H,22,25).